The highest BCUT2D eigenvalue weighted by molar-refractivity contribution is 5.92. The van der Waals surface area contributed by atoms with Crippen molar-refractivity contribution in [2.75, 3.05) is 33.3 Å². The minimum Gasteiger partial charge on any atom is -0.496 e. The van der Waals surface area contributed by atoms with Gasteiger partial charge in [-0.2, -0.15) is 0 Å². The van der Waals surface area contributed by atoms with Crippen molar-refractivity contribution < 1.29 is 14.3 Å². The molecule has 1 saturated heterocycles. The lowest BCUT2D eigenvalue weighted by Gasteiger charge is -2.34. The van der Waals surface area contributed by atoms with Crippen molar-refractivity contribution >= 4 is 11.8 Å². The molecule has 7 heteroatoms. The summed E-state index contributed by atoms with van der Waals surface area (Å²) in [6.07, 6.45) is 4.87. The van der Waals surface area contributed by atoms with Crippen molar-refractivity contribution in [1.82, 2.24) is 19.8 Å². The predicted molar refractivity (Wildman–Crippen MR) is 101 cm³/mol. The Morgan fingerprint density at radius 1 is 1.04 bits per heavy atom. The van der Waals surface area contributed by atoms with Crippen LogP contribution in [0, 0.1) is 13.8 Å². The fourth-order valence-electron chi connectivity index (χ4n) is 3.27. The zero-order valence-electron chi connectivity index (χ0n) is 15.9. The van der Waals surface area contributed by atoms with Crippen molar-refractivity contribution in [3.05, 3.63) is 53.1 Å². The maximum absolute atomic E-state index is 12.7. The molecule has 2 amide bonds. The first kappa shape index (κ1) is 18.8. The topological polar surface area (TPSA) is 75.6 Å². The Balaban J connectivity index is 1.59. The minimum atomic E-state index is -0.142. The number of hydrogen-bond acceptors (Lipinski definition) is 5. The Hall–Kier alpha value is -2.96. The number of carbonyl (C=O) groups is 2. The van der Waals surface area contributed by atoms with E-state index in [9.17, 15) is 9.59 Å². The number of benzene rings is 1. The van der Waals surface area contributed by atoms with Crippen LogP contribution in [-0.2, 0) is 11.2 Å². The lowest BCUT2D eigenvalue weighted by atomic mass is 9.99. The third-order valence-electron chi connectivity index (χ3n) is 5.11. The van der Waals surface area contributed by atoms with Gasteiger partial charge in [0.05, 0.1) is 19.7 Å². The smallest absolute Gasteiger partial charge is 0.274 e. The van der Waals surface area contributed by atoms with Gasteiger partial charge >= 0.3 is 0 Å². The molecule has 1 fully saturated rings. The van der Waals surface area contributed by atoms with Gasteiger partial charge < -0.3 is 14.5 Å². The lowest BCUT2D eigenvalue weighted by Crippen LogP contribution is -2.51. The van der Waals surface area contributed by atoms with Crippen LogP contribution in [0.2, 0.25) is 0 Å². The standard InChI is InChI=1S/C20H24N4O3/c1-14-15(2)18(27-3)5-4-16(14)12-19(25)23-8-10-24(11-9-23)20(26)17-13-21-6-7-22-17/h4-7,13H,8-12H2,1-3H3. The quantitative estimate of drug-likeness (QED) is 0.820. The van der Waals surface area contributed by atoms with Gasteiger partial charge in [-0.3, -0.25) is 14.6 Å². The van der Waals surface area contributed by atoms with Crippen LogP contribution < -0.4 is 4.74 Å². The second-order valence-electron chi connectivity index (χ2n) is 6.62. The zero-order chi connectivity index (χ0) is 19.4. The molecular weight excluding hydrogens is 344 g/mol. The Morgan fingerprint density at radius 3 is 2.37 bits per heavy atom. The van der Waals surface area contributed by atoms with E-state index in [0.29, 0.717) is 38.3 Å². The van der Waals surface area contributed by atoms with E-state index < -0.39 is 0 Å². The summed E-state index contributed by atoms with van der Waals surface area (Å²) in [7, 11) is 1.65. The van der Waals surface area contributed by atoms with Crippen molar-refractivity contribution in [3.8, 4) is 5.75 Å². The molecule has 7 nitrogen and oxygen atoms in total. The summed E-state index contributed by atoms with van der Waals surface area (Å²) < 4.78 is 5.33. The maximum atomic E-state index is 12.7. The van der Waals surface area contributed by atoms with E-state index in [1.54, 1.807) is 12.0 Å². The molecule has 1 aliphatic heterocycles. The van der Waals surface area contributed by atoms with E-state index in [-0.39, 0.29) is 11.8 Å². The van der Waals surface area contributed by atoms with Gasteiger partial charge in [-0.05, 0) is 36.6 Å². The summed E-state index contributed by atoms with van der Waals surface area (Å²) in [5.41, 5.74) is 3.49. The zero-order valence-corrected chi connectivity index (χ0v) is 15.9. The monoisotopic (exact) mass is 368 g/mol. The average Bonchev–Trinajstić information content (AvgIpc) is 2.72. The van der Waals surface area contributed by atoms with E-state index >= 15 is 0 Å². The second kappa shape index (κ2) is 8.16. The highest BCUT2D eigenvalue weighted by Gasteiger charge is 2.26. The molecule has 1 aromatic heterocycles. The van der Waals surface area contributed by atoms with Crippen molar-refractivity contribution in [2.24, 2.45) is 0 Å². The van der Waals surface area contributed by atoms with Gasteiger partial charge in [-0.25, -0.2) is 4.98 Å². The number of ether oxygens (including phenoxy) is 1. The highest BCUT2D eigenvalue weighted by atomic mass is 16.5. The Bertz CT molecular complexity index is 831. The molecular formula is C20H24N4O3. The number of rotatable bonds is 4. The van der Waals surface area contributed by atoms with E-state index in [2.05, 4.69) is 9.97 Å². The molecule has 1 aromatic carbocycles. The van der Waals surface area contributed by atoms with Crippen LogP contribution >= 0.6 is 0 Å². The van der Waals surface area contributed by atoms with Gasteiger partial charge in [0.2, 0.25) is 5.91 Å². The van der Waals surface area contributed by atoms with Gasteiger partial charge in [0, 0.05) is 38.6 Å². The summed E-state index contributed by atoms with van der Waals surface area (Å²) in [6.45, 7) is 6.07. The van der Waals surface area contributed by atoms with Crippen molar-refractivity contribution in [1.29, 1.82) is 0 Å². The largest absolute Gasteiger partial charge is 0.496 e. The number of carbonyl (C=O) groups excluding carboxylic acids is 2. The molecule has 0 saturated carbocycles. The molecule has 0 aliphatic carbocycles. The van der Waals surface area contributed by atoms with Gasteiger partial charge in [-0.1, -0.05) is 6.07 Å². The van der Waals surface area contributed by atoms with E-state index in [1.807, 2.05) is 30.9 Å². The van der Waals surface area contributed by atoms with E-state index in [0.717, 1.165) is 22.4 Å². The number of piperazine rings is 1. The summed E-state index contributed by atoms with van der Waals surface area (Å²) in [5, 5.41) is 0. The molecule has 3 rings (SSSR count). The van der Waals surface area contributed by atoms with Crippen LogP contribution in [0.5, 0.6) is 5.75 Å². The number of aromatic nitrogens is 2. The molecule has 0 atom stereocenters. The predicted octanol–water partition coefficient (Wildman–Crippen LogP) is 1.63. The Kier molecular flexibility index (Phi) is 5.69. The van der Waals surface area contributed by atoms with Crippen LogP contribution in [0.25, 0.3) is 0 Å². The molecule has 0 radical (unpaired) electrons. The summed E-state index contributed by atoms with van der Waals surface area (Å²) in [4.78, 5) is 36.6. The molecule has 0 unspecified atom stereocenters. The average molecular weight is 368 g/mol. The SMILES string of the molecule is COc1ccc(CC(=O)N2CCN(C(=O)c3cnccn3)CC2)c(C)c1C. The van der Waals surface area contributed by atoms with Crippen LogP contribution in [0.1, 0.15) is 27.2 Å². The van der Waals surface area contributed by atoms with Crippen molar-refractivity contribution in [2.45, 2.75) is 20.3 Å². The molecule has 0 bridgehead atoms. The van der Waals surface area contributed by atoms with E-state index in [1.165, 1.54) is 18.6 Å². The third kappa shape index (κ3) is 4.07. The first-order valence-electron chi connectivity index (χ1n) is 8.97. The first-order chi connectivity index (χ1) is 13.0. The lowest BCUT2D eigenvalue weighted by molar-refractivity contribution is -0.131. The fraction of sp³-hybridized carbons (Fsp3) is 0.400. The highest BCUT2D eigenvalue weighted by Crippen LogP contribution is 2.24. The molecule has 2 heterocycles. The molecule has 1 aliphatic rings. The maximum Gasteiger partial charge on any atom is 0.274 e. The molecule has 142 valence electrons. The molecule has 0 spiro atoms. The van der Waals surface area contributed by atoms with Gasteiger partial charge in [0.25, 0.3) is 5.91 Å². The summed E-state index contributed by atoms with van der Waals surface area (Å²) >= 11 is 0. The number of methoxy groups -OCH3 is 1. The molecule has 27 heavy (non-hydrogen) atoms. The van der Waals surface area contributed by atoms with Crippen LogP contribution in [-0.4, -0.2) is 64.9 Å². The first-order valence-corrected chi connectivity index (χ1v) is 8.97. The second-order valence-corrected chi connectivity index (χ2v) is 6.62. The van der Waals surface area contributed by atoms with Crippen LogP contribution in [0.3, 0.4) is 0 Å². The van der Waals surface area contributed by atoms with Crippen molar-refractivity contribution in [3.63, 3.8) is 0 Å². The molecule has 0 N–H and O–H groups in total. The molecule has 2 aromatic rings. The van der Waals surface area contributed by atoms with Crippen LogP contribution in [0.15, 0.2) is 30.7 Å². The fourth-order valence-corrected chi connectivity index (χ4v) is 3.27. The number of hydrogen-bond donors (Lipinski definition) is 0. The Morgan fingerprint density at radius 2 is 1.74 bits per heavy atom. The number of amides is 2. The number of nitrogens with zero attached hydrogens (tertiary/aromatic N) is 4. The summed E-state index contributed by atoms with van der Waals surface area (Å²) in [5.74, 6) is 0.769. The van der Waals surface area contributed by atoms with Gasteiger partial charge in [0.1, 0.15) is 11.4 Å². The van der Waals surface area contributed by atoms with Gasteiger partial charge in [-0.15, -0.1) is 0 Å². The normalized spacial score (nSPS) is 14.2. The minimum absolute atomic E-state index is 0.0780. The van der Waals surface area contributed by atoms with Crippen LogP contribution in [0.4, 0.5) is 0 Å². The van der Waals surface area contributed by atoms with E-state index in [4.69, 9.17) is 4.74 Å². The summed E-state index contributed by atoms with van der Waals surface area (Å²) in [6, 6.07) is 3.86. The van der Waals surface area contributed by atoms with Gasteiger partial charge in [0.15, 0.2) is 0 Å². The third-order valence-corrected chi connectivity index (χ3v) is 5.11. The Labute approximate surface area is 159 Å².